The number of rotatable bonds is 7. The highest BCUT2D eigenvalue weighted by molar-refractivity contribution is 7.99. The fraction of sp³-hybridized carbons (Fsp3) is 0.385. The Balaban J connectivity index is 1.71. The van der Waals surface area contributed by atoms with E-state index in [1.807, 2.05) is 6.92 Å². The summed E-state index contributed by atoms with van der Waals surface area (Å²) in [7, 11) is 0. The molecule has 0 aliphatic heterocycles. The summed E-state index contributed by atoms with van der Waals surface area (Å²) < 4.78 is 6.45. The molecule has 2 amide bonds. The van der Waals surface area contributed by atoms with Gasteiger partial charge in [-0.1, -0.05) is 23.1 Å². The minimum absolute atomic E-state index is 0.117. The number of hydrogen-bond donors (Lipinski definition) is 2. The van der Waals surface area contributed by atoms with Crippen molar-refractivity contribution in [3.05, 3.63) is 5.01 Å². The molecule has 142 valence electrons. The lowest BCUT2D eigenvalue weighted by Crippen LogP contribution is -2.14. The third kappa shape index (κ3) is 4.46. The first kappa shape index (κ1) is 18.9. The monoisotopic (exact) mass is 409 g/mol. The van der Waals surface area contributed by atoms with Crippen LogP contribution in [0.25, 0.3) is 11.5 Å². The molecule has 0 saturated carbocycles. The molecule has 0 unspecified atom stereocenters. The first-order valence-corrected chi connectivity index (χ1v) is 9.54. The predicted molar refractivity (Wildman–Crippen MR) is 97.3 cm³/mol. The molecule has 0 radical (unpaired) electrons. The summed E-state index contributed by atoms with van der Waals surface area (Å²) in [5.41, 5.74) is 0.264. The second-order valence-corrected chi connectivity index (χ2v) is 7.28. The van der Waals surface area contributed by atoms with Crippen LogP contribution >= 0.6 is 23.1 Å². The van der Waals surface area contributed by atoms with E-state index in [1.54, 1.807) is 11.5 Å². The normalized spacial score (nSPS) is 10.8. The zero-order valence-electron chi connectivity index (χ0n) is 14.6. The van der Waals surface area contributed by atoms with Crippen LogP contribution in [0, 0.1) is 6.92 Å². The Kier molecular flexibility index (Phi) is 5.75. The first-order valence-electron chi connectivity index (χ1n) is 7.74. The number of nitrogens with one attached hydrogen (secondary N) is 2. The molecule has 0 aromatic carbocycles. The molecule has 0 bridgehead atoms. The van der Waals surface area contributed by atoms with Crippen LogP contribution in [0.3, 0.4) is 0 Å². The van der Waals surface area contributed by atoms with Gasteiger partial charge in [0.1, 0.15) is 5.01 Å². The number of nitrogens with zero attached hydrogens (tertiary/aromatic N) is 7. The Morgan fingerprint density at radius 3 is 2.67 bits per heavy atom. The fourth-order valence-corrected chi connectivity index (χ4v) is 3.48. The third-order valence-corrected chi connectivity index (χ3v) is 4.85. The molecule has 0 spiro atoms. The molecule has 0 aliphatic rings. The molecule has 0 atom stereocenters. The van der Waals surface area contributed by atoms with Crippen molar-refractivity contribution in [1.29, 1.82) is 0 Å². The molecule has 0 fully saturated rings. The van der Waals surface area contributed by atoms with Crippen molar-refractivity contribution in [3.8, 4) is 11.5 Å². The molecule has 0 aliphatic carbocycles. The van der Waals surface area contributed by atoms with Crippen LogP contribution in [-0.2, 0) is 16.1 Å². The minimum Gasteiger partial charge on any atom is -0.306 e. The molecule has 3 rings (SSSR count). The van der Waals surface area contributed by atoms with Crippen LogP contribution in [0.5, 0.6) is 0 Å². The SMILES string of the molecule is CCn1c(SCC(=O)Nc2nnc(C)s2)nnc1-c1nonc1NC(C)=O. The summed E-state index contributed by atoms with van der Waals surface area (Å²) in [6.07, 6.45) is 0. The number of aryl methyl sites for hydroxylation is 1. The zero-order chi connectivity index (χ0) is 19.4. The van der Waals surface area contributed by atoms with Gasteiger partial charge >= 0.3 is 0 Å². The number of thioether (sulfide) groups is 1. The molecule has 3 aromatic heterocycles. The second-order valence-electron chi connectivity index (χ2n) is 5.16. The summed E-state index contributed by atoms with van der Waals surface area (Å²) in [4.78, 5) is 23.3. The smallest absolute Gasteiger partial charge is 0.236 e. The van der Waals surface area contributed by atoms with Crippen molar-refractivity contribution >= 4 is 45.9 Å². The topological polar surface area (TPSA) is 154 Å². The summed E-state index contributed by atoms with van der Waals surface area (Å²) in [5, 5.41) is 30.3. The van der Waals surface area contributed by atoms with Crippen LogP contribution in [0.4, 0.5) is 10.9 Å². The van der Waals surface area contributed by atoms with Crippen molar-refractivity contribution in [2.75, 3.05) is 16.4 Å². The van der Waals surface area contributed by atoms with E-state index < -0.39 is 0 Å². The number of amides is 2. The van der Waals surface area contributed by atoms with E-state index in [4.69, 9.17) is 4.63 Å². The van der Waals surface area contributed by atoms with Gasteiger partial charge in [0, 0.05) is 13.5 Å². The maximum Gasteiger partial charge on any atom is 0.236 e. The number of carbonyl (C=O) groups is 2. The van der Waals surface area contributed by atoms with E-state index in [1.165, 1.54) is 30.0 Å². The Bertz CT molecular complexity index is 964. The Morgan fingerprint density at radius 2 is 2.00 bits per heavy atom. The van der Waals surface area contributed by atoms with E-state index in [2.05, 4.69) is 41.3 Å². The average molecular weight is 409 g/mol. The lowest BCUT2D eigenvalue weighted by Gasteiger charge is -2.06. The fourth-order valence-electron chi connectivity index (χ4n) is 2.07. The van der Waals surface area contributed by atoms with Crippen LogP contribution in [0.1, 0.15) is 18.9 Å². The molecule has 3 heterocycles. The highest BCUT2D eigenvalue weighted by Gasteiger charge is 2.22. The van der Waals surface area contributed by atoms with Gasteiger partial charge in [-0.25, -0.2) is 4.63 Å². The molecule has 2 N–H and O–H groups in total. The van der Waals surface area contributed by atoms with Crippen LogP contribution in [-0.4, -0.2) is 52.8 Å². The van der Waals surface area contributed by atoms with E-state index >= 15 is 0 Å². The van der Waals surface area contributed by atoms with Crippen LogP contribution in [0.2, 0.25) is 0 Å². The average Bonchev–Trinajstić information content (AvgIpc) is 3.32. The summed E-state index contributed by atoms with van der Waals surface area (Å²) in [6, 6.07) is 0. The zero-order valence-corrected chi connectivity index (χ0v) is 16.2. The van der Waals surface area contributed by atoms with E-state index in [0.717, 1.165) is 5.01 Å². The summed E-state index contributed by atoms with van der Waals surface area (Å²) in [6.45, 7) is 5.57. The van der Waals surface area contributed by atoms with Gasteiger partial charge in [-0.15, -0.1) is 20.4 Å². The van der Waals surface area contributed by atoms with E-state index in [-0.39, 0.29) is 29.1 Å². The van der Waals surface area contributed by atoms with E-state index in [9.17, 15) is 9.59 Å². The van der Waals surface area contributed by atoms with Gasteiger partial charge in [-0.05, 0) is 24.2 Å². The molecule has 27 heavy (non-hydrogen) atoms. The lowest BCUT2D eigenvalue weighted by atomic mass is 10.4. The Labute approximate surface area is 161 Å². The maximum atomic E-state index is 12.1. The lowest BCUT2D eigenvalue weighted by molar-refractivity contribution is -0.114. The Hall–Kier alpha value is -2.87. The minimum atomic E-state index is -0.312. The van der Waals surface area contributed by atoms with Gasteiger partial charge in [-0.2, -0.15) is 0 Å². The van der Waals surface area contributed by atoms with Gasteiger partial charge in [0.05, 0.1) is 5.75 Å². The summed E-state index contributed by atoms with van der Waals surface area (Å²) >= 11 is 2.51. The number of hydrogen-bond acceptors (Lipinski definition) is 11. The van der Waals surface area contributed by atoms with Crippen LogP contribution in [0.15, 0.2) is 9.79 Å². The highest BCUT2D eigenvalue weighted by Crippen LogP contribution is 2.27. The van der Waals surface area contributed by atoms with Crippen molar-refractivity contribution in [3.63, 3.8) is 0 Å². The van der Waals surface area contributed by atoms with Gasteiger partial charge in [0.2, 0.25) is 22.8 Å². The molecule has 14 heteroatoms. The third-order valence-electron chi connectivity index (χ3n) is 3.13. The number of anilines is 2. The van der Waals surface area contributed by atoms with Crippen molar-refractivity contribution in [2.24, 2.45) is 0 Å². The standard InChI is InChI=1S/C13H15N9O3S2/c1-4-22-11(9-10(14-6(2)23)21-25-20-9)17-19-13(22)26-5-8(24)15-12-18-16-7(3)27-12/h4-5H2,1-3H3,(H,14,21,23)(H,15,18,24). The highest BCUT2D eigenvalue weighted by atomic mass is 32.2. The van der Waals surface area contributed by atoms with Gasteiger partial charge in [-0.3, -0.25) is 14.9 Å². The number of aromatic nitrogens is 7. The summed E-state index contributed by atoms with van der Waals surface area (Å²) in [5.74, 6) is 0.112. The Morgan fingerprint density at radius 1 is 1.19 bits per heavy atom. The van der Waals surface area contributed by atoms with Gasteiger partial charge in [0.25, 0.3) is 0 Å². The van der Waals surface area contributed by atoms with Gasteiger partial charge < -0.3 is 9.88 Å². The molecule has 0 saturated heterocycles. The predicted octanol–water partition coefficient (Wildman–Crippen LogP) is 1.20. The number of carbonyl (C=O) groups excluding carboxylic acids is 2. The molecule has 12 nitrogen and oxygen atoms in total. The van der Waals surface area contributed by atoms with Gasteiger partial charge in [0.15, 0.2) is 16.7 Å². The first-order chi connectivity index (χ1) is 13.0. The molecular weight excluding hydrogens is 394 g/mol. The van der Waals surface area contributed by atoms with Crippen molar-refractivity contribution in [1.82, 2.24) is 35.3 Å². The van der Waals surface area contributed by atoms with Crippen molar-refractivity contribution in [2.45, 2.75) is 32.5 Å². The van der Waals surface area contributed by atoms with Crippen molar-refractivity contribution < 1.29 is 14.2 Å². The molecular formula is C13H15N9O3S2. The largest absolute Gasteiger partial charge is 0.306 e. The molecule has 3 aromatic rings. The van der Waals surface area contributed by atoms with E-state index in [0.29, 0.717) is 22.7 Å². The van der Waals surface area contributed by atoms with Crippen LogP contribution < -0.4 is 10.6 Å². The maximum absolute atomic E-state index is 12.1. The second kappa shape index (κ2) is 8.22. The quantitative estimate of drug-likeness (QED) is 0.544.